The summed E-state index contributed by atoms with van der Waals surface area (Å²) in [5, 5.41) is 4.09. The van der Waals surface area contributed by atoms with Crippen LogP contribution in [0.2, 0.25) is 0 Å². The summed E-state index contributed by atoms with van der Waals surface area (Å²) in [7, 11) is 0. The van der Waals surface area contributed by atoms with Gasteiger partial charge >= 0.3 is 5.97 Å². The van der Waals surface area contributed by atoms with Crippen molar-refractivity contribution in [1.82, 2.24) is 19.6 Å². The normalized spacial score (nSPS) is 18.6. The van der Waals surface area contributed by atoms with Crippen LogP contribution in [0.3, 0.4) is 0 Å². The largest absolute Gasteiger partial charge is 0.454 e. The first-order chi connectivity index (χ1) is 10.6. The van der Waals surface area contributed by atoms with Gasteiger partial charge in [0.2, 0.25) is 0 Å². The SMILES string of the molecule is Cc1nc2ncnn2c(C)c1CC(=O)O[C@H]1CCCCC1=O. The minimum atomic E-state index is -0.579. The molecule has 1 aliphatic rings. The standard InChI is InChI=1S/C15H18N4O3/c1-9-11(10(2)19-15(18-9)16-8-17-19)7-14(21)22-13-6-4-3-5-12(13)20/h8,13H,3-7H2,1-2H3/t13-/m0/s1. The number of hydrogen-bond donors (Lipinski definition) is 0. The first kappa shape index (κ1) is 14.6. The highest BCUT2D eigenvalue weighted by Gasteiger charge is 2.26. The van der Waals surface area contributed by atoms with Crippen molar-refractivity contribution < 1.29 is 14.3 Å². The van der Waals surface area contributed by atoms with Gasteiger partial charge in [0.1, 0.15) is 6.33 Å². The predicted molar refractivity (Wildman–Crippen MR) is 77.3 cm³/mol. The molecule has 0 amide bonds. The van der Waals surface area contributed by atoms with Crippen molar-refractivity contribution in [2.75, 3.05) is 0 Å². The molecule has 2 aromatic rings. The van der Waals surface area contributed by atoms with E-state index in [2.05, 4.69) is 15.1 Å². The molecule has 0 saturated heterocycles. The topological polar surface area (TPSA) is 86.4 Å². The predicted octanol–water partition coefficient (Wildman–Crippen LogP) is 1.34. The van der Waals surface area contributed by atoms with Crippen LogP contribution in [0, 0.1) is 13.8 Å². The minimum absolute atomic E-state index is 0.0258. The van der Waals surface area contributed by atoms with E-state index in [1.54, 1.807) is 4.52 Å². The Hall–Kier alpha value is -2.31. The van der Waals surface area contributed by atoms with Gasteiger partial charge in [-0.25, -0.2) is 9.50 Å². The number of ketones is 1. The van der Waals surface area contributed by atoms with Gasteiger partial charge in [0.15, 0.2) is 11.9 Å². The molecule has 0 radical (unpaired) electrons. The zero-order valence-corrected chi connectivity index (χ0v) is 12.7. The maximum atomic E-state index is 12.2. The van der Waals surface area contributed by atoms with E-state index < -0.39 is 12.1 Å². The van der Waals surface area contributed by atoms with Crippen LogP contribution in [-0.4, -0.2) is 37.4 Å². The Bertz CT molecular complexity index is 738. The number of fused-ring (bicyclic) bond motifs is 1. The fraction of sp³-hybridized carbons (Fsp3) is 0.533. The van der Waals surface area contributed by atoms with Gasteiger partial charge in [-0.15, -0.1) is 0 Å². The van der Waals surface area contributed by atoms with Crippen LogP contribution in [0.4, 0.5) is 0 Å². The number of carbonyl (C=O) groups is 2. The lowest BCUT2D eigenvalue weighted by molar-refractivity contribution is -0.156. The number of Topliss-reactive ketones (excluding diaryl/α,β-unsaturated/α-hetero) is 1. The molecule has 1 aliphatic carbocycles. The molecule has 22 heavy (non-hydrogen) atoms. The molecule has 0 bridgehead atoms. The number of nitrogens with zero attached hydrogens (tertiary/aromatic N) is 4. The first-order valence-electron chi connectivity index (χ1n) is 7.44. The van der Waals surface area contributed by atoms with Crippen LogP contribution in [0.15, 0.2) is 6.33 Å². The Labute approximate surface area is 127 Å². The summed E-state index contributed by atoms with van der Waals surface area (Å²) in [5.41, 5.74) is 2.31. The Kier molecular flexibility index (Phi) is 3.87. The summed E-state index contributed by atoms with van der Waals surface area (Å²) in [6.07, 6.45) is 3.88. The Morgan fingerprint density at radius 2 is 2.23 bits per heavy atom. The Morgan fingerprint density at radius 1 is 1.41 bits per heavy atom. The van der Waals surface area contributed by atoms with E-state index in [4.69, 9.17) is 4.74 Å². The molecular formula is C15H18N4O3. The van der Waals surface area contributed by atoms with E-state index in [1.807, 2.05) is 13.8 Å². The van der Waals surface area contributed by atoms with Crippen LogP contribution >= 0.6 is 0 Å². The van der Waals surface area contributed by atoms with Crippen molar-refractivity contribution in [3.63, 3.8) is 0 Å². The summed E-state index contributed by atoms with van der Waals surface area (Å²) in [6, 6.07) is 0. The number of aryl methyl sites for hydroxylation is 2. The summed E-state index contributed by atoms with van der Waals surface area (Å²) in [4.78, 5) is 32.3. The second-order valence-electron chi connectivity index (χ2n) is 5.60. The van der Waals surface area contributed by atoms with Crippen molar-refractivity contribution in [1.29, 1.82) is 0 Å². The third-order valence-electron chi connectivity index (χ3n) is 4.08. The van der Waals surface area contributed by atoms with E-state index in [0.717, 1.165) is 29.8 Å². The molecule has 7 heteroatoms. The summed E-state index contributed by atoms with van der Waals surface area (Å²) in [6.45, 7) is 3.70. The van der Waals surface area contributed by atoms with Crippen molar-refractivity contribution in [2.45, 2.75) is 52.1 Å². The average molecular weight is 302 g/mol. The summed E-state index contributed by atoms with van der Waals surface area (Å²) < 4.78 is 6.95. The van der Waals surface area contributed by atoms with E-state index in [1.165, 1.54) is 6.33 Å². The molecule has 0 aromatic carbocycles. The molecule has 1 atom stereocenters. The average Bonchev–Trinajstić information content (AvgIpc) is 2.94. The van der Waals surface area contributed by atoms with E-state index in [9.17, 15) is 9.59 Å². The third kappa shape index (κ3) is 2.70. The molecule has 3 rings (SSSR count). The molecule has 0 aliphatic heterocycles. The number of carbonyl (C=O) groups excluding carboxylic acids is 2. The quantitative estimate of drug-likeness (QED) is 0.795. The molecule has 2 heterocycles. The van der Waals surface area contributed by atoms with Gasteiger partial charge in [0.25, 0.3) is 5.78 Å². The molecule has 2 aromatic heterocycles. The highest BCUT2D eigenvalue weighted by Crippen LogP contribution is 2.19. The monoisotopic (exact) mass is 302 g/mol. The molecule has 0 unspecified atom stereocenters. The van der Waals surface area contributed by atoms with Gasteiger partial charge in [-0.05, 0) is 33.1 Å². The van der Waals surface area contributed by atoms with Crippen molar-refractivity contribution in [3.05, 3.63) is 23.3 Å². The molecule has 0 spiro atoms. The van der Waals surface area contributed by atoms with Crippen LogP contribution < -0.4 is 0 Å². The van der Waals surface area contributed by atoms with Gasteiger partial charge in [-0.3, -0.25) is 9.59 Å². The fourth-order valence-electron chi connectivity index (χ4n) is 2.83. The first-order valence-corrected chi connectivity index (χ1v) is 7.44. The number of hydrogen-bond acceptors (Lipinski definition) is 6. The maximum Gasteiger partial charge on any atom is 0.311 e. The lowest BCUT2D eigenvalue weighted by Gasteiger charge is -2.21. The zero-order valence-electron chi connectivity index (χ0n) is 12.7. The highest BCUT2D eigenvalue weighted by molar-refractivity contribution is 5.86. The smallest absolute Gasteiger partial charge is 0.311 e. The van der Waals surface area contributed by atoms with Gasteiger partial charge in [-0.1, -0.05) is 0 Å². The molecule has 7 nitrogen and oxygen atoms in total. The molecule has 1 fully saturated rings. The molecule has 0 N–H and O–H groups in total. The van der Waals surface area contributed by atoms with Crippen LogP contribution in [0.1, 0.15) is 42.6 Å². The van der Waals surface area contributed by atoms with E-state index >= 15 is 0 Å². The summed E-state index contributed by atoms with van der Waals surface area (Å²) in [5.74, 6) is 0.139. The Balaban J connectivity index is 1.77. The van der Waals surface area contributed by atoms with Crippen LogP contribution in [-0.2, 0) is 20.7 Å². The van der Waals surface area contributed by atoms with Gasteiger partial charge in [-0.2, -0.15) is 10.1 Å². The van der Waals surface area contributed by atoms with Crippen molar-refractivity contribution >= 4 is 17.5 Å². The maximum absolute atomic E-state index is 12.2. The van der Waals surface area contributed by atoms with Gasteiger partial charge < -0.3 is 4.74 Å². The van der Waals surface area contributed by atoms with Gasteiger partial charge in [0.05, 0.1) is 6.42 Å². The Morgan fingerprint density at radius 3 is 3.00 bits per heavy atom. The van der Waals surface area contributed by atoms with E-state index in [-0.39, 0.29) is 12.2 Å². The van der Waals surface area contributed by atoms with Crippen LogP contribution in [0.5, 0.6) is 0 Å². The van der Waals surface area contributed by atoms with Crippen molar-refractivity contribution in [3.8, 4) is 0 Å². The lowest BCUT2D eigenvalue weighted by atomic mass is 9.96. The second kappa shape index (κ2) is 5.82. The molecular weight excluding hydrogens is 284 g/mol. The number of ether oxygens (including phenoxy) is 1. The highest BCUT2D eigenvalue weighted by atomic mass is 16.5. The molecule has 1 saturated carbocycles. The van der Waals surface area contributed by atoms with E-state index in [0.29, 0.717) is 18.6 Å². The van der Waals surface area contributed by atoms with Crippen molar-refractivity contribution in [2.24, 2.45) is 0 Å². The zero-order chi connectivity index (χ0) is 15.7. The molecule has 116 valence electrons. The lowest BCUT2D eigenvalue weighted by Crippen LogP contribution is -2.31. The number of aromatic nitrogens is 4. The van der Waals surface area contributed by atoms with Crippen LogP contribution in [0.25, 0.3) is 5.78 Å². The third-order valence-corrected chi connectivity index (χ3v) is 4.08. The minimum Gasteiger partial charge on any atom is -0.454 e. The van der Waals surface area contributed by atoms with Gasteiger partial charge in [0, 0.05) is 23.4 Å². The number of rotatable bonds is 3. The second-order valence-corrected chi connectivity index (χ2v) is 5.60. The summed E-state index contributed by atoms with van der Waals surface area (Å²) >= 11 is 0. The number of esters is 1. The fourth-order valence-corrected chi connectivity index (χ4v) is 2.83.